The molecule has 2 unspecified atom stereocenters. The Balaban J connectivity index is -0.0000000763. The number of aliphatic hydroxyl groups is 1. The zero-order valence-corrected chi connectivity index (χ0v) is 10.1. The average Bonchev–Trinajstić information content (AvgIpc) is 2.15. The van der Waals surface area contributed by atoms with Gasteiger partial charge in [-0.2, -0.15) is 0 Å². The van der Waals surface area contributed by atoms with Gasteiger partial charge in [0.2, 0.25) is 0 Å². The standard InChI is InChI=1S/C7H13F.C2H6O.CH4O.FH.H2O/c1-6-4-2-3-5-7(6)8;1-3-2;1-2;;/h6-7H,2-5H2,1H3;1-2H3;2H,1H3;1H;1H2. The Labute approximate surface area is 91.3 Å². The smallest absolute Gasteiger partial charge is 0.103 e. The van der Waals surface area contributed by atoms with E-state index >= 15 is 0 Å². The normalized spacial score (nSPS) is 22.8. The van der Waals surface area contributed by atoms with Gasteiger partial charge in [-0.25, -0.2) is 4.39 Å². The maximum absolute atomic E-state index is 12.6. The van der Waals surface area contributed by atoms with Gasteiger partial charge in [0.15, 0.2) is 0 Å². The lowest BCUT2D eigenvalue weighted by molar-refractivity contribution is 0.179. The van der Waals surface area contributed by atoms with E-state index in [-0.39, 0.29) is 10.2 Å². The molecule has 5 heteroatoms. The molecular weight excluding hydrogens is 206 g/mol. The second-order valence-corrected chi connectivity index (χ2v) is 3.19. The first-order chi connectivity index (χ1) is 6.22. The van der Waals surface area contributed by atoms with Crippen molar-refractivity contribution in [2.75, 3.05) is 21.3 Å². The quantitative estimate of drug-likeness (QED) is 0.691. The monoisotopic (exact) mass is 232 g/mol. The molecule has 0 amide bonds. The van der Waals surface area contributed by atoms with Gasteiger partial charge in [0, 0.05) is 21.3 Å². The number of hydrogen-bond acceptors (Lipinski definition) is 2. The molecule has 0 bridgehead atoms. The van der Waals surface area contributed by atoms with Crippen molar-refractivity contribution >= 4 is 0 Å². The van der Waals surface area contributed by atoms with Gasteiger partial charge in [-0.1, -0.05) is 19.8 Å². The number of hydrogen-bond donors (Lipinski definition) is 1. The summed E-state index contributed by atoms with van der Waals surface area (Å²) in [6.07, 6.45) is 3.75. The van der Waals surface area contributed by atoms with E-state index in [0.29, 0.717) is 5.92 Å². The van der Waals surface area contributed by atoms with Crippen LogP contribution in [0.2, 0.25) is 0 Å². The molecule has 0 aliphatic heterocycles. The van der Waals surface area contributed by atoms with Crippen molar-refractivity contribution in [3.63, 3.8) is 0 Å². The van der Waals surface area contributed by atoms with Gasteiger partial charge in [-0.3, -0.25) is 4.70 Å². The van der Waals surface area contributed by atoms with Crippen molar-refractivity contribution in [2.45, 2.75) is 38.8 Å². The fourth-order valence-corrected chi connectivity index (χ4v) is 1.27. The van der Waals surface area contributed by atoms with Crippen LogP contribution < -0.4 is 0 Å². The molecular formula is C10H26F2O3. The van der Waals surface area contributed by atoms with Gasteiger partial charge in [-0.15, -0.1) is 0 Å². The lowest BCUT2D eigenvalue weighted by Gasteiger charge is -2.21. The number of rotatable bonds is 0. The summed E-state index contributed by atoms with van der Waals surface area (Å²) in [5.74, 6) is 0.337. The second kappa shape index (κ2) is 19.3. The summed E-state index contributed by atoms with van der Waals surface area (Å²) in [5.41, 5.74) is 0. The molecule has 0 aromatic rings. The lowest BCUT2D eigenvalue weighted by atomic mass is 9.89. The van der Waals surface area contributed by atoms with Gasteiger partial charge >= 0.3 is 0 Å². The minimum absolute atomic E-state index is 0. The van der Waals surface area contributed by atoms with Gasteiger partial charge in [0.25, 0.3) is 0 Å². The minimum atomic E-state index is -0.497. The molecule has 3 nitrogen and oxygen atoms in total. The topological polar surface area (TPSA) is 61.0 Å². The van der Waals surface area contributed by atoms with Crippen LogP contribution in [0.5, 0.6) is 0 Å². The predicted octanol–water partition coefficient (Wildman–Crippen LogP) is 1.73. The highest BCUT2D eigenvalue weighted by Crippen LogP contribution is 2.25. The Morgan fingerprint density at radius 2 is 1.47 bits per heavy atom. The maximum Gasteiger partial charge on any atom is 0.103 e. The van der Waals surface area contributed by atoms with Crippen LogP contribution in [-0.2, 0) is 4.74 Å². The number of halogens is 2. The summed E-state index contributed by atoms with van der Waals surface area (Å²) in [6.45, 7) is 2.00. The first kappa shape index (κ1) is 24.1. The highest BCUT2D eigenvalue weighted by Gasteiger charge is 2.19. The third-order valence-corrected chi connectivity index (χ3v) is 2.01. The molecule has 0 aromatic carbocycles. The summed E-state index contributed by atoms with van der Waals surface area (Å²) in [7, 11) is 4.25. The fraction of sp³-hybridized carbons (Fsp3) is 1.00. The van der Waals surface area contributed by atoms with Crippen LogP contribution in [0.3, 0.4) is 0 Å². The molecule has 1 rings (SSSR count). The second-order valence-electron chi connectivity index (χ2n) is 3.19. The molecule has 1 aliphatic rings. The van der Waals surface area contributed by atoms with Crippen LogP contribution in [0.25, 0.3) is 0 Å². The molecule has 0 radical (unpaired) electrons. The van der Waals surface area contributed by atoms with Crippen LogP contribution in [0, 0.1) is 5.92 Å². The van der Waals surface area contributed by atoms with E-state index in [0.717, 1.165) is 26.4 Å². The Bertz CT molecular complexity index is 84.7. The van der Waals surface area contributed by atoms with E-state index < -0.39 is 6.17 Å². The van der Waals surface area contributed by atoms with E-state index in [9.17, 15) is 4.39 Å². The van der Waals surface area contributed by atoms with Crippen LogP contribution in [0.1, 0.15) is 32.6 Å². The molecule has 3 N–H and O–H groups in total. The number of alkyl halides is 1. The highest BCUT2D eigenvalue weighted by molar-refractivity contribution is 4.70. The highest BCUT2D eigenvalue weighted by atomic mass is 19.1. The summed E-state index contributed by atoms with van der Waals surface area (Å²) in [4.78, 5) is 0. The van der Waals surface area contributed by atoms with Gasteiger partial charge in [0.05, 0.1) is 0 Å². The predicted molar refractivity (Wildman–Crippen MR) is 59.7 cm³/mol. The van der Waals surface area contributed by atoms with E-state index in [4.69, 9.17) is 5.11 Å². The third kappa shape index (κ3) is 16.4. The first-order valence-corrected chi connectivity index (χ1v) is 4.71. The van der Waals surface area contributed by atoms with E-state index in [1.165, 1.54) is 6.42 Å². The number of ether oxygens (including phenoxy) is 1. The molecule has 0 spiro atoms. The molecule has 2 atom stereocenters. The SMILES string of the molecule is CC1CCCCC1F.CO.COC.F.O. The van der Waals surface area contributed by atoms with E-state index in [1.807, 2.05) is 6.92 Å². The summed E-state index contributed by atoms with van der Waals surface area (Å²) < 4.78 is 16.8. The van der Waals surface area contributed by atoms with Crippen molar-refractivity contribution in [1.82, 2.24) is 0 Å². The van der Waals surface area contributed by atoms with Crippen LogP contribution in [0.15, 0.2) is 0 Å². The lowest BCUT2D eigenvalue weighted by Crippen LogP contribution is -2.16. The summed E-state index contributed by atoms with van der Waals surface area (Å²) >= 11 is 0. The van der Waals surface area contributed by atoms with Crippen LogP contribution in [-0.4, -0.2) is 38.1 Å². The Morgan fingerprint density at radius 1 is 1.13 bits per heavy atom. The molecule has 1 saturated carbocycles. The van der Waals surface area contributed by atoms with E-state index in [2.05, 4.69) is 4.74 Å². The molecule has 1 fully saturated rings. The molecule has 0 aromatic heterocycles. The third-order valence-electron chi connectivity index (χ3n) is 2.01. The van der Waals surface area contributed by atoms with Crippen molar-refractivity contribution in [1.29, 1.82) is 0 Å². The first-order valence-electron chi connectivity index (χ1n) is 4.71. The van der Waals surface area contributed by atoms with Crippen LogP contribution in [0.4, 0.5) is 9.09 Å². The number of aliphatic hydroxyl groups excluding tert-OH is 1. The van der Waals surface area contributed by atoms with Crippen molar-refractivity contribution in [2.24, 2.45) is 5.92 Å². The molecule has 98 valence electrons. The maximum atomic E-state index is 12.6. The Morgan fingerprint density at radius 3 is 1.67 bits per heavy atom. The molecule has 1 aliphatic carbocycles. The zero-order valence-electron chi connectivity index (χ0n) is 10.1. The average molecular weight is 232 g/mol. The van der Waals surface area contributed by atoms with Crippen molar-refractivity contribution < 1.29 is 24.4 Å². The van der Waals surface area contributed by atoms with E-state index in [1.54, 1.807) is 14.2 Å². The molecule has 15 heavy (non-hydrogen) atoms. The van der Waals surface area contributed by atoms with Gasteiger partial charge in [0.1, 0.15) is 6.17 Å². The van der Waals surface area contributed by atoms with Crippen molar-refractivity contribution in [3.8, 4) is 0 Å². The molecule has 0 heterocycles. The summed E-state index contributed by atoms with van der Waals surface area (Å²) in [6, 6.07) is 0. The molecule has 0 saturated heterocycles. The zero-order chi connectivity index (χ0) is 10.7. The Hall–Kier alpha value is -0.260. The minimum Gasteiger partial charge on any atom is -0.412 e. The largest absolute Gasteiger partial charge is 0.412 e. The van der Waals surface area contributed by atoms with Crippen LogP contribution >= 0.6 is 0 Å². The van der Waals surface area contributed by atoms with Gasteiger partial charge < -0.3 is 15.3 Å². The van der Waals surface area contributed by atoms with Crippen molar-refractivity contribution in [3.05, 3.63) is 0 Å². The fourth-order valence-electron chi connectivity index (χ4n) is 1.27. The van der Waals surface area contributed by atoms with Gasteiger partial charge in [-0.05, 0) is 18.8 Å². The summed E-state index contributed by atoms with van der Waals surface area (Å²) in [5, 5.41) is 7.00. The number of methoxy groups -OCH3 is 1. The Kier molecular flexibility index (Phi) is 31.1.